The number of amides is 1. The van der Waals surface area contributed by atoms with Gasteiger partial charge in [0, 0.05) is 23.0 Å². The van der Waals surface area contributed by atoms with Crippen molar-refractivity contribution in [3.05, 3.63) is 104 Å². The number of carbonyl (C=O) groups excluding carboxylic acids is 1. The van der Waals surface area contributed by atoms with Crippen LogP contribution in [0.1, 0.15) is 0 Å². The predicted molar refractivity (Wildman–Crippen MR) is 133 cm³/mol. The van der Waals surface area contributed by atoms with Crippen LogP contribution in [0, 0.1) is 0 Å². The molecule has 1 heterocycles. The summed E-state index contributed by atoms with van der Waals surface area (Å²) in [5, 5.41) is 6.08. The smallest absolute Gasteiger partial charge is 0.262 e. The zero-order valence-electron chi connectivity index (χ0n) is 18.5. The topological polar surface area (TPSA) is 85.4 Å². The van der Waals surface area contributed by atoms with Gasteiger partial charge in [-0.1, -0.05) is 55.1 Å². The van der Waals surface area contributed by atoms with E-state index < -0.39 is 0 Å². The first kappa shape index (κ1) is 22.5. The van der Waals surface area contributed by atoms with Gasteiger partial charge in [0.2, 0.25) is 0 Å². The summed E-state index contributed by atoms with van der Waals surface area (Å²) in [5.41, 5.74) is 3.34. The zero-order valence-corrected chi connectivity index (χ0v) is 18.5. The summed E-state index contributed by atoms with van der Waals surface area (Å²) in [6.45, 7) is 3.85. The molecule has 0 radical (unpaired) electrons. The average Bonchev–Trinajstić information content (AvgIpc) is 2.88. The monoisotopic (exact) mass is 452 g/mol. The predicted octanol–water partition coefficient (Wildman–Crippen LogP) is 5.47. The van der Waals surface area contributed by atoms with Gasteiger partial charge in [0.05, 0.1) is 5.69 Å². The highest BCUT2D eigenvalue weighted by Crippen LogP contribution is 2.26. The van der Waals surface area contributed by atoms with E-state index in [1.165, 1.54) is 6.33 Å². The highest BCUT2D eigenvalue weighted by atomic mass is 16.5. The maximum atomic E-state index is 12.3. The lowest BCUT2D eigenvalue weighted by atomic mass is 10.1. The number of nitrogens with zero attached hydrogens (tertiary/aromatic N) is 2. The Morgan fingerprint density at radius 1 is 0.853 bits per heavy atom. The Balaban J connectivity index is 1.32. The molecule has 0 spiro atoms. The number of carbonyl (C=O) groups is 1. The number of benzene rings is 3. The Morgan fingerprint density at radius 3 is 2.26 bits per heavy atom. The van der Waals surface area contributed by atoms with Crippen molar-refractivity contribution in [3.63, 3.8) is 0 Å². The number of hydrogen-bond acceptors (Lipinski definition) is 6. The second-order valence-electron chi connectivity index (χ2n) is 7.24. The SMILES string of the molecule is C=CCOc1ccccc1OCC(=O)Nc1ccc(Nc2cc(-c3ccccc3)ncn2)cc1. The lowest BCUT2D eigenvalue weighted by molar-refractivity contribution is -0.118. The van der Waals surface area contributed by atoms with Crippen LogP contribution in [-0.4, -0.2) is 29.1 Å². The summed E-state index contributed by atoms with van der Waals surface area (Å²) < 4.78 is 11.2. The van der Waals surface area contributed by atoms with Crippen molar-refractivity contribution in [2.45, 2.75) is 0 Å². The van der Waals surface area contributed by atoms with Gasteiger partial charge in [-0.2, -0.15) is 0 Å². The normalized spacial score (nSPS) is 10.2. The molecule has 0 saturated heterocycles. The minimum atomic E-state index is -0.275. The molecule has 170 valence electrons. The zero-order chi connectivity index (χ0) is 23.6. The van der Waals surface area contributed by atoms with Crippen LogP contribution < -0.4 is 20.1 Å². The summed E-state index contributed by atoms with van der Waals surface area (Å²) in [6.07, 6.45) is 3.18. The van der Waals surface area contributed by atoms with Gasteiger partial charge >= 0.3 is 0 Å². The van der Waals surface area contributed by atoms with E-state index in [0.29, 0.717) is 29.6 Å². The van der Waals surface area contributed by atoms with Crippen molar-refractivity contribution < 1.29 is 14.3 Å². The Morgan fingerprint density at radius 2 is 1.53 bits per heavy atom. The van der Waals surface area contributed by atoms with Crippen molar-refractivity contribution in [1.82, 2.24) is 9.97 Å². The molecule has 3 aromatic carbocycles. The van der Waals surface area contributed by atoms with Crippen molar-refractivity contribution in [3.8, 4) is 22.8 Å². The molecule has 0 atom stereocenters. The van der Waals surface area contributed by atoms with E-state index in [-0.39, 0.29) is 12.5 Å². The molecule has 1 aromatic heterocycles. The highest BCUT2D eigenvalue weighted by Gasteiger charge is 2.08. The number of hydrogen-bond donors (Lipinski definition) is 2. The number of aromatic nitrogens is 2. The molecular formula is C27H24N4O3. The first-order valence-electron chi connectivity index (χ1n) is 10.7. The first-order valence-corrected chi connectivity index (χ1v) is 10.7. The van der Waals surface area contributed by atoms with Crippen LogP contribution in [0.2, 0.25) is 0 Å². The number of para-hydroxylation sites is 2. The highest BCUT2D eigenvalue weighted by molar-refractivity contribution is 5.92. The molecule has 34 heavy (non-hydrogen) atoms. The molecule has 0 fully saturated rings. The summed E-state index contributed by atoms with van der Waals surface area (Å²) in [6, 6.07) is 26.3. The lowest BCUT2D eigenvalue weighted by Gasteiger charge is -2.12. The first-order chi connectivity index (χ1) is 16.7. The molecule has 0 aliphatic heterocycles. The molecule has 0 unspecified atom stereocenters. The third-order valence-electron chi connectivity index (χ3n) is 4.74. The van der Waals surface area contributed by atoms with Gasteiger partial charge in [-0.25, -0.2) is 9.97 Å². The van der Waals surface area contributed by atoms with Crippen LogP contribution in [0.15, 0.2) is 104 Å². The van der Waals surface area contributed by atoms with Gasteiger partial charge in [-0.15, -0.1) is 0 Å². The second-order valence-corrected chi connectivity index (χ2v) is 7.24. The van der Waals surface area contributed by atoms with Crippen LogP contribution in [0.5, 0.6) is 11.5 Å². The van der Waals surface area contributed by atoms with E-state index in [0.717, 1.165) is 16.9 Å². The fraction of sp³-hybridized carbons (Fsp3) is 0.0741. The van der Waals surface area contributed by atoms with Crippen LogP contribution in [-0.2, 0) is 4.79 Å². The Bertz CT molecular complexity index is 1240. The van der Waals surface area contributed by atoms with Crippen LogP contribution in [0.25, 0.3) is 11.3 Å². The summed E-state index contributed by atoms with van der Waals surface area (Å²) in [7, 11) is 0. The molecule has 0 aliphatic carbocycles. The summed E-state index contributed by atoms with van der Waals surface area (Å²) in [4.78, 5) is 21.0. The standard InChI is InChI=1S/C27H24N4O3/c1-2-16-33-24-10-6-7-11-25(24)34-18-27(32)31-22-14-12-21(13-15-22)30-26-17-23(28-19-29-26)20-8-4-3-5-9-20/h2-15,17,19H,1,16,18H2,(H,31,32)(H,28,29,30). The third-order valence-corrected chi connectivity index (χ3v) is 4.74. The summed E-state index contributed by atoms with van der Waals surface area (Å²) >= 11 is 0. The number of rotatable bonds is 10. The molecule has 0 bridgehead atoms. The lowest BCUT2D eigenvalue weighted by Crippen LogP contribution is -2.20. The van der Waals surface area contributed by atoms with Gasteiger partial charge in [0.1, 0.15) is 18.8 Å². The molecular weight excluding hydrogens is 428 g/mol. The van der Waals surface area contributed by atoms with E-state index in [9.17, 15) is 4.79 Å². The van der Waals surface area contributed by atoms with Crippen molar-refractivity contribution in [2.75, 3.05) is 23.8 Å². The van der Waals surface area contributed by atoms with E-state index in [4.69, 9.17) is 9.47 Å². The maximum absolute atomic E-state index is 12.3. The molecule has 4 rings (SSSR count). The number of ether oxygens (including phenoxy) is 2. The molecule has 7 heteroatoms. The maximum Gasteiger partial charge on any atom is 0.262 e. The minimum absolute atomic E-state index is 0.141. The number of anilines is 3. The van der Waals surface area contributed by atoms with Crippen LogP contribution in [0.3, 0.4) is 0 Å². The Labute approximate surface area is 198 Å². The van der Waals surface area contributed by atoms with Crippen molar-refractivity contribution in [1.29, 1.82) is 0 Å². The van der Waals surface area contributed by atoms with E-state index in [2.05, 4.69) is 27.2 Å². The third kappa shape index (κ3) is 6.20. The van der Waals surface area contributed by atoms with Crippen LogP contribution >= 0.6 is 0 Å². The van der Waals surface area contributed by atoms with Gasteiger partial charge in [0.15, 0.2) is 18.1 Å². The average molecular weight is 453 g/mol. The molecule has 0 aliphatic rings. The van der Waals surface area contributed by atoms with Crippen LogP contribution in [0.4, 0.5) is 17.2 Å². The molecule has 2 N–H and O–H groups in total. The van der Waals surface area contributed by atoms with Gasteiger partial charge in [-0.3, -0.25) is 4.79 Å². The second kappa shape index (κ2) is 11.3. The van der Waals surface area contributed by atoms with Gasteiger partial charge < -0.3 is 20.1 Å². The van der Waals surface area contributed by atoms with E-state index in [1.807, 2.05) is 60.7 Å². The fourth-order valence-corrected chi connectivity index (χ4v) is 3.15. The van der Waals surface area contributed by atoms with Gasteiger partial charge in [0.25, 0.3) is 5.91 Å². The Hall–Kier alpha value is -4.65. The van der Waals surface area contributed by atoms with Crippen molar-refractivity contribution >= 4 is 23.1 Å². The number of nitrogens with one attached hydrogen (secondary N) is 2. The molecule has 0 saturated carbocycles. The van der Waals surface area contributed by atoms with E-state index in [1.54, 1.807) is 30.3 Å². The van der Waals surface area contributed by atoms with Crippen molar-refractivity contribution in [2.24, 2.45) is 0 Å². The minimum Gasteiger partial charge on any atom is -0.486 e. The molecule has 4 aromatic rings. The van der Waals surface area contributed by atoms with Gasteiger partial charge in [-0.05, 0) is 36.4 Å². The van der Waals surface area contributed by atoms with E-state index >= 15 is 0 Å². The molecule has 7 nitrogen and oxygen atoms in total. The fourth-order valence-electron chi connectivity index (χ4n) is 3.15. The molecule has 1 amide bonds. The quantitative estimate of drug-likeness (QED) is 0.310. The summed E-state index contributed by atoms with van der Waals surface area (Å²) in [5.74, 6) is 1.46. The Kier molecular flexibility index (Phi) is 7.48. The largest absolute Gasteiger partial charge is 0.486 e.